The molecule has 1 aromatic carbocycles. The summed E-state index contributed by atoms with van der Waals surface area (Å²) in [5, 5.41) is 18.1. The van der Waals surface area contributed by atoms with Gasteiger partial charge in [-0.2, -0.15) is 0 Å². The Kier molecular flexibility index (Phi) is 4.42. The third-order valence-electron chi connectivity index (χ3n) is 3.41. The number of carbonyl (C=O) groups is 3. The van der Waals surface area contributed by atoms with E-state index < -0.39 is 30.0 Å². The van der Waals surface area contributed by atoms with Gasteiger partial charge in [0.05, 0.1) is 5.92 Å². The molecule has 21 heavy (non-hydrogen) atoms. The second-order valence-electron chi connectivity index (χ2n) is 4.75. The fourth-order valence-electron chi connectivity index (χ4n) is 2.36. The summed E-state index contributed by atoms with van der Waals surface area (Å²) < 4.78 is 5.05. The fraction of sp³-hybridized carbons (Fsp3) is 0.357. The van der Waals surface area contributed by atoms with E-state index in [2.05, 4.69) is 0 Å². The van der Waals surface area contributed by atoms with E-state index in [1.54, 1.807) is 24.3 Å². The molecule has 0 saturated carbocycles. The summed E-state index contributed by atoms with van der Waals surface area (Å²) in [5.41, 5.74) is 0.770. The Hall–Kier alpha value is -2.57. The van der Waals surface area contributed by atoms with E-state index in [4.69, 9.17) is 14.9 Å². The lowest BCUT2D eigenvalue weighted by molar-refractivity contribution is -0.151. The van der Waals surface area contributed by atoms with Gasteiger partial charge in [-0.3, -0.25) is 9.69 Å². The van der Waals surface area contributed by atoms with Crippen LogP contribution >= 0.6 is 0 Å². The van der Waals surface area contributed by atoms with Crippen LogP contribution in [0.4, 0.5) is 4.79 Å². The zero-order valence-electron chi connectivity index (χ0n) is 11.1. The number of rotatable bonds is 4. The van der Waals surface area contributed by atoms with Gasteiger partial charge in [-0.15, -0.1) is 0 Å². The Labute approximate surface area is 120 Å². The van der Waals surface area contributed by atoms with Crippen molar-refractivity contribution in [1.29, 1.82) is 0 Å². The van der Waals surface area contributed by atoms with Crippen molar-refractivity contribution in [2.75, 3.05) is 6.54 Å². The molecular weight excluding hydrogens is 278 g/mol. The first kappa shape index (κ1) is 14.8. The average molecular weight is 293 g/mol. The fourth-order valence-corrected chi connectivity index (χ4v) is 2.36. The number of amides is 1. The van der Waals surface area contributed by atoms with Crippen molar-refractivity contribution in [2.45, 2.75) is 19.1 Å². The van der Waals surface area contributed by atoms with Gasteiger partial charge in [-0.05, 0) is 12.0 Å². The van der Waals surface area contributed by atoms with Crippen LogP contribution < -0.4 is 0 Å². The third kappa shape index (κ3) is 3.31. The van der Waals surface area contributed by atoms with Crippen LogP contribution in [-0.4, -0.2) is 45.7 Å². The molecule has 1 aliphatic heterocycles. The summed E-state index contributed by atoms with van der Waals surface area (Å²) in [5.74, 6) is -3.66. The maximum Gasteiger partial charge on any atom is 0.410 e. The predicted molar refractivity (Wildman–Crippen MR) is 70.5 cm³/mol. The van der Waals surface area contributed by atoms with Crippen molar-refractivity contribution in [3.05, 3.63) is 35.9 Å². The van der Waals surface area contributed by atoms with Gasteiger partial charge in [0.25, 0.3) is 0 Å². The van der Waals surface area contributed by atoms with Gasteiger partial charge in [-0.25, -0.2) is 9.59 Å². The first-order valence-corrected chi connectivity index (χ1v) is 6.43. The molecule has 1 aliphatic rings. The minimum absolute atomic E-state index is 0.0141. The van der Waals surface area contributed by atoms with Gasteiger partial charge in [0.2, 0.25) is 0 Å². The van der Waals surface area contributed by atoms with Crippen LogP contribution in [0.2, 0.25) is 0 Å². The summed E-state index contributed by atoms with van der Waals surface area (Å²) in [4.78, 5) is 35.1. The molecule has 0 spiro atoms. The van der Waals surface area contributed by atoms with Gasteiger partial charge in [0.1, 0.15) is 12.6 Å². The lowest BCUT2D eigenvalue weighted by Gasteiger charge is -2.22. The number of nitrogens with zero attached hydrogens (tertiary/aromatic N) is 1. The van der Waals surface area contributed by atoms with E-state index in [9.17, 15) is 14.4 Å². The SMILES string of the molecule is O=C(O)[C@H]1CCN(C(=O)OCc2ccccc2)[C@H]1C(=O)O. The standard InChI is InChI=1S/C14H15NO6/c16-12(17)10-6-7-15(11(10)13(18)19)14(20)21-8-9-4-2-1-3-5-9/h1-5,10-11H,6-8H2,(H,16,17)(H,18,19)/t10-,11+/m0/s1. The predicted octanol–water partition coefficient (Wildman–Crippen LogP) is 1.18. The van der Waals surface area contributed by atoms with Crippen molar-refractivity contribution in [2.24, 2.45) is 5.92 Å². The smallest absolute Gasteiger partial charge is 0.410 e. The second kappa shape index (κ2) is 6.25. The topological polar surface area (TPSA) is 104 Å². The van der Waals surface area contributed by atoms with Crippen LogP contribution in [0.25, 0.3) is 0 Å². The highest BCUT2D eigenvalue weighted by atomic mass is 16.6. The number of benzene rings is 1. The molecular formula is C14H15NO6. The maximum atomic E-state index is 11.9. The van der Waals surface area contributed by atoms with Crippen molar-refractivity contribution in [1.82, 2.24) is 4.90 Å². The summed E-state index contributed by atoms with van der Waals surface area (Å²) in [6, 6.07) is 7.56. The number of hydrogen-bond donors (Lipinski definition) is 2. The second-order valence-corrected chi connectivity index (χ2v) is 4.75. The Morgan fingerprint density at radius 2 is 1.81 bits per heavy atom. The highest BCUT2D eigenvalue weighted by molar-refractivity contribution is 5.87. The summed E-state index contributed by atoms with van der Waals surface area (Å²) in [7, 11) is 0. The maximum absolute atomic E-state index is 11.9. The third-order valence-corrected chi connectivity index (χ3v) is 3.41. The summed E-state index contributed by atoms with van der Waals surface area (Å²) >= 11 is 0. The van der Waals surface area contributed by atoms with Crippen LogP contribution in [0, 0.1) is 5.92 Å². The first-order valence-electron chi connectivity index (χ1n) is 6.43. The molecule has 1 fully saturated rings. The quantitative estimate of drug-likeness (QED) is 0.864. The van der Waals surface area contributed by atoms with E-state index in [1.807, 2.05) is 6.07 Å². The van der Waals surface area contributed by atoms with Gasteiger partial charge >= 0.3 is 18.0 Å². The summed E-state index contributed by atoms with van der Waals surface area (Å²) in [6.45, 7) is 0.0712. The van der Waals surface area contributed by atoms with E-state index >= 15 is 0 Å². The molecule has 0 aromatic heterocycles. The number of aliphatic carboxylic acids is 2. The zero-order valence-corrected chi connectivity index (χ0v) is 11.1. The van der Waals surface area contributed by atoms with Crippen LogP contribution in [0.15, 0.2) is 30.3 Å². The highest BCUT2D eigenvalue weighted by Crippen LogP contribution is 2.26. The average Bonchev–Trinajstić information content (AvgIpc) is 2.91. The molecule has 2 N–H and O–H groups in total. The van der Waals surface area contributed by atoms with E-state index in [-0.39, 0.29) is 19.6 Å². The highest BCUT2D eigenvalue weighted by Gasteiger charge is 2.46. The summed E-state index contributed by atoms with van der Waals surface area (Å²) in [6.07, 6.45) is -0.706. The number of likely N-dealkylation sites (tertiary alicyclic amines) is 1. The largest absolute Gasteiger partial charge is 0.481 e. The molecule has 0 bridgehead atoms. The van der Waals surface area contributed by atoms with E-state index in [0.717, 1.165) is 10.5 Å². The molecule has 112 valence electrons. The molecule has 2 rings (SSSR count). The molecule has 0 aliphatic carbocycles. The minimum Gasteiger partial charge on any atom is -0.481 e. The molecule has 1 heterocycles. The van der Waals surface area contributed by atoms with Gasteiger partial charge in [0, 0.05) is 6.54 Å². The van der Waals surface area contributed by atoms with Crippen molar-refractivity contribution >= 4 is 18.0 Å². The zero-order chi connectivity index (χ0) is 15.4. The van der Waals surface area contributed by atoms with Gasteiger partial charge < -0.3 is 14.9 Å². The number of carboxylic acids is 2. The van der Waals surface area contributed by atoms with Gasteiger partial charge in [0.15, 0.2) is 0 Å². The molecule has 0 radical (unpaired) electrons. The molecule has 7 nitrogen and oxygen atoms in total. The molecule has 1 amide bonds. The Bertz CT molecular complexity index is 544. The minimum atomic E-state index is -1.38. The Morgan fingerprint density at radius 1 is 1.14 bits per heavy atom. The number of carbonyl (C=O) groups excluding carboxylic acids is 1. The molecule has 1 saturated heterocycles. The number of ether oxygens (including phenoxy) is 1. The Balaban J connectivity index is 2.01. The van der Waals surface area contributed by atoms with E-state index in [0.29, 0.717) is 0 Å². The van der Waals surface area contributed by atoms with Crippen LogP contribution in [0.5, 0.6) is 0 Å². The monoisotopic (exact) mass is 293 g/mol. The van der Waals surface area contributed by atoms with Gasteiger partial charge in [-0.1, -0.05) is 30.3 Å². The molecule has 2 atom stereocenters. The lowest BCUT2D eigenvalue weighted by atomic mass is 10.0. The van der Waals surface area contributed by atoms with E-state index in [1.165, 1.54) is 0 Å². The van der Waals surface area contributed by atoms with Crippen molar-refractivity contribution in [3.8, 4) is 0 Å². The normalized spacial score (nSPS) is 21.0. The number of carboxylic acid groups (broad SMARTS) is 2. The van der Waals surface area contributed by atoms with Crippen LogP contribution in [0.3, 0.4) is 0 Å². The number of hydrogen-bond acceptors (Lipinski definition) is 4. The van der Waals surface area contributed by atoms with Crippen molar-refractivity contribution < 1.29 is 29.3 Å². The first-order chi connectivity index (χ1) is 10.0. The molecule has 1 aromatic rings. The van der Waals surface area contributed by atoms with Crippen LogP contribution in [-0.2, 0) is 20.9 Å². The Morgan fingerprint density at radius 3 is 2.38 bits per heavy atom. The van der Waals surface area contributed by atoms with Crippen molar-refractivity contribution in [3.63, 3.8) is 0 Å². The lowest BCUT2D eigenvalue weighted by Crippen LogP contribution is -2.45. The van der Waals surface area contributed by atoms with Crippen LogP contribution in [0.1, 0.15) is 12.0 Å². The molecule has 0 unspecified atom stereocenters. The molecule has 7 heteroatoms.